The van der Waals surface area contributed by atoms with Crippen molar-refractivity contribution in [3.05, 3.63) is 65.2 Å². The van der Waals surface area contributed by atoms with Gasteiger partial charge >= 0.3 is 6.18 Å². The molecule has 0 saturated heterocycles. The molecule has 31 heavy (non-hydrogen) atoms. The minimum atomic E-state index is -5.05. The van der Waals surface area contributed by atoms with Crippen molar-refractivity contribution in [2.24, 2.45) is 0 Å². The van der Waals surface area contributed by atoms with Crippen molar-refractivity contribution in [2.75, 3.05) is 25.2 Å². The summed E-state index contributed by atoms with van der Waals surface area (Å²) in [7, 11) is 1.41. The smallest absolute Gasteiger partial charge is 0.422 e. The van der Waals surface area contributed by atoms with Gasteiger partial charge in [-0.3, -0.25) is 4.79 Å². The third-order valence-corrected chi connectivity index (χ3v) is 5.71. The van der Waals surface area contributed by atoms with Gasteiger partial charge in [0, 0.05) is 17.5 Å². The normalized spacial score (nSPS) is 16.7. The molecule has 2 atom stereocenters. The topological polar surface area (TPSA) is 59.0 Å². The lowest BCUT2D eigenvalue weighted by atomic mass is 9.77. The fourth-order valence-electron chi connectivity index (χ4n) is 3.64. The van der Waals surface area contributed by atoms with Crippen LogP contribution in [0.5, 0.6) is 11.5 Å². The number of amides is 1. The van der Waals surface area contributed by atoms with Gasteiger partial charge in [0.15, 0.2) is 12.2 Å². The van der Waals surface area contributed by atoms with Crippen molar-refractivity contribution in [3.8, 4) is 11.5 Å². The number of methoxy groups -OCH3 is 1. The summed E-state index contributed by atoms with van der Waals surface area (Å²) in [6.45, 7) is 4.67. The van der Waals surface area contributed by atoms with Crippen LogP contribution in [0.4, 0.5) is 18.9 Å². The SMILES string of the molecule is C=CCN1C(=O)COc2ccc(C(O)(C(C)c3ccc(OC)cc3Cl)C(F)(F)F)cc21. The summed E-state index contributed by atoms with van der Waals surface area (Å²) in [6, 6.07) is 7.82. The Morgan fingerprint density at radius 3 is 2.61 bits per heavy atom. The average molecular weight is 456 g/mol. The number of anilines is 1. The molecule has 0 fully saturated rings. The number of benzene rings is 2. The van der Waals surface area contributed by atoms with Crippen LogP contribution >= 0.6 is 11.6 Å². The fourth-order valence-corrected chi connectivity index (χ4v) is 3.97. The molecule has 1 aliphatic heterocycles. The highest BCUT2D eigenvalue weighted by Gasteiger charge is 2.59. The van der Waals surface area contributed by atoms with Crippen molar-refractivity contribution in [2.45, 2.75) is 24.6 Å². The fraction of sp³-hybridized carbons (Fsp3) is 0.318. The molecule has 1 heterocycles. The van der Waals surface area contributed by atoms with Crippen molar-refractivity contribution < 1.29 is 32.5 Å². The third kappa shape index (κ3) is 3.97. The molecule has 2 aromatic carbocycles. The first-order valence-corrected chi connectivity index (χ1v) is 9.73. The number of carbonyl (C=O) groups excluding carboxylic acids is 1. The highest BCUT2D eigenvalue weighted by Crippen LogP contribution is 2.51. The van der Waals surface area contributed by atoms with Crippen LogP contribution in [0, 0.1) is 0 Å². The first-order valence-electron chi connectivity index (χ1n) is 9.35. The summed E-state index contributed by atoms with van der Waals surface area (Å²) >= 11 is 6.20. The van der Waals surface area contributed by atoms with Gasteiger partial charge in [-0.25, -0.2) is 0 Å². The molecule has 0 aromatic heterocycles. The van der Waals surface area contributed by atoms with E-state index in [1.54, 1.807) is 0 Å². The maximum atomic E-state index is 14.3. The molecule has 0 aliphatic carbocycles. The number of alkyl halides is 3. The molecule has 5 nitrogen and oxygen atoms in total. The average Bonchev–Trinajstić information content (AvgIpc) is 2.73. The largest absolute Gasteiger partial charge is 0.497 e. The first-order chi connectivity index (χ1) is 14.5. The Labute approximate surface area is 182 Å². The molecular weight excluding hydrogens is 435 g/mol. The zero-order valence-corrected chi connectivity index (χ0v) is 17.6. The standard InChI is InChI=1S/C22H21ClF3NO4/c1-4-9-27-18-10-14(5-8-19(18)31-12-20(27)28)21(29,22(24,25)26)13(2)16-7-6-15(30-3)11-17(16)23/h4-8,10-11,13,29H,1,9,12H2,2-3H3. The maximum Gasteiger partial charge on any atom is 0.422 e. The maximum absolute atomic E-state index is 14.3. The van der Waals surface area contributed by atoms with Crippen LogP contribution in [0.3, 0.4) is 0 Å². The first kappa shape index (κ1) is 23.0. The highest BCUT2D eigenvalue weighted by atomic mass is 35.5. The molecule has 1 N–H and O–H groups in total. The van der Waals surface area contributed by atoms with Crippen molar-refractivity contribution in [3.63, 3.8) is 0 Å². The Kier molecular flexibility index (Phi) is 6.25. The number of fused-ring (bicyclic) bond motifs is 1. The third-order valence-electron chi connectivity index (χ3n) is 5.39. The summed E-state index contributed by atoms with van der Waals surface area (Å²) in [5.74, 6) is -1.28. The van der Waals surface area contributed by atoms with Crippen molar-refractivity contribution >= 4 is 23.2 Å². The van der Waals surface area contributed by atoms with Crippen LogP contribution in [-0.2, 0) is 10.4 Å². The molecule has 2 aromatic rings. The monoisotopic (exact) mass is 455 g/mol. The van der Waals surface area contributed by atoms with Gasteiger partial charge in [0.25, 0.3) is 5.91 Å². The van der Waals surface area contributed by atoms with E-state index in [4.69, 9.17) is 21.1 Å². The lowest BCUT2D eigenvalue weighted by Gasteiger charge is -2.38. The number of nitrogens with zero attached hydrogens (tertiary/aromatic N) is 1. The van der Waals surface area contributed by atoms with Gasteiger partial charge < -0.3 is 19.5 Å². The number of aliphatic hydroxyl groups is 1. The van der Waals surface area contributed by atoms with Crippen LogP contribution in [0.1, 0.15) is 24.0 Å². The van der Waals surface area contributed by atoms with E-state index in [0.29, 0.717) is 5.75 Å². The molecular formula is C22H21ClF3NO4. The van der Waals surface area contributed by atoms with Crippen LogP contribution in [0.15, 0.2) is 49.1 Å². The van der Waals surface area contributed by atoms with Crippen LogP contribution < -0.4 is 14.4 Å². The molecule has 1 amide bonds. The predicted octanol–water partition coefficient (Wildman–Crippen LogP) is 4.81. The summed E-state index contributed by atoms with van der Waals surface area (Å²) in [5, 5.41) is 11.1. The van der Waals surface area contributed by atoms with Gasteiger partial charge in [0.2, 0.25) is 0 Å². The molecule has 0 saturated carbocycles. The Hall–Kier alpha value is -2.71. The summed E-state index contributed by atoms with van der Waals surface area (Å²) < 4.78 is 53.3. The highest BCUT2D eigenvalue weighted by molar-refractivity contribution is 6.31. The van der Waals surface area contributed by atoms with E-state index in [9.17, 15) is 23.1 Å². The Morgan fingerprint density at radius 1 is 1.32 bits per heavy atom. The summed E-state index contributed by atoms with van der Waals surface area (Å²) in [6.07, 6.45) is -3.60. The van der Waals surface area contributed by atoms with E-state index in [1.165, 1.54) is 49.3 Å². The second kappa shape index (κ2) is 8.43. The number of rotatable bonds is 6. The molecule has 9 heteroatoms. The summed E-state index contributed by atoms with van der Waals surface area (Å²) in [5.41, 5.74) is -3.51. The quantitative estimate of drug-likeness (QED) is 0.635. The zero-order chi connectivity index (χ0) is 23.0. The second-order valence-electron chi connectivity index (χ2n) is 7.14. The lowest BCUT2D eigenvalue weighted by Crippen LogP contribution is -2.47. The van der Waals surface area contributed by atoms with E-state index in [0.717, 1.165) is 12.1 Å². The number of halogens is 4. The van der Waals surface area contributed by atoms with E-state index in [-0.39, 0.29) is 35.2 Å². The van der Waals surface area contributed by atoms with Gasteiger partial charge in [-0.2, -0.15) is 13.2 Å². The van der Waals surface area contributed by atoms with Gasteiger partial charge in [-0.1, -0.05) is 36.7 Å². The van der Waals surface area contributed by atoms with Crippen molar-refractivity contribution in [1.82, 2.24) is 0 Å². The molecule has 1 aliphatic rings. The summed E-state index contributed by atoms with van der Waals surface area (Å²) in [4.78, 5) is 13.5. The minimum Gasteiger partial charge on any atom is -0.497 e. The Bertz CT molecular complexity index is 1010. The van der Waals surface area contributed by atoms with E-state index >= 15 is 0 Å². The zero-order valence-electron chi connectivity index (χ0n) is 16.9. The second-order valence-corrected chi connectivity index (χ2v) is 7.54. The van der Waals surface area contributed by atoms with Crippen LogP contribution in [0.25, 0.3) is 0 Å². The molecule has 0 radical (unpaired) electrons. The minimum absolute atomic E-state index is 0.0271. The lowest BCUT2D eigenvalue weighted by molar-refractivity contribution is -0.274. The van der Waals surface area contributed by atoms with Gasteiger partial charge in [-0.15, -0.1) is 6.58 Å². The molecule has 166 valence electrons. The number of ether oxygens (including phenoxy) is 2. The van der Waals surface area contributed by atoms with E-state index < -0.39 is 29.2 Å². The van der Waals surface area contributed by atoms with E-state index in [2.05, 4.69) is 6.58 Å². The van der Waals surface area contributed by atoms with Gasteiger partial charge in [-0.05, 0) is 35.4 Å². The molecule has 0 spiro atoms. The Balaban J connectivity index is 2.16. The molecule has 0 bridgehead atoms. The predicted molar refractivity (Wildman–Crippen MR) is 111 cm³/mol. The van der Waals surface area contributed by atoms with Crippen molar-refractivity contribution in [1.29, 1.82) is 0 Å². The van der Waals surface area contributed by atoms with Gasteiger partial charge in [0.1, 0.15) is 11.5 Å². The van der Waals surface area contributed by atoms with Crippen LogP contribution in [0.2, 0.25) is 5.02 Å². The van der Waals surface area contributed by atoms with Gasteiger partial charge in [0.05, 0.1) is 12.8 Å². The molecule has 2 unspecified atom stereocenters. The number of carbonyl (C=O) groups is 1. The molecule has 3 rings (SSSR count). The van der Waals surface area contributed by atoms with Crippen LogP contribution in [-0.4, -0.2) is 37.5 Å². The number of hydrogen-bond donors (Lipinski definition) is 1. The Morgan fingerprint density at radius 2 is 2.03 bits per heavy atom. The van der Waals surface area contributed by atoms with E-state index in [1.807, 2.05) is 0 Å². The number of hydrogen-bond acceptors (Lipinski definition) is 4.